The van der Waals surface area contributed by atoms with Gasteiger partial charge in [-0.2, -0.15) is 0 Å². The van der Waals surface area contributed by atoms with E-state index in [0.717, 1.165) is 19.4 Å². The topological polar surface area (TPSA) is 89.4 Å². The third-order valence-corrected chi connectivity index (χ3v) is 3.67. The molecule has 0 aromatic heterocycles. The summed E-state index contributed by atoms with van der Waals surface area (Å²) in [5.41, 5.74) is 10.4. The number of carbonyl (C=O) groups is 2. The highest BCUT2D eigenvalue weighted by molar-refractivity contribution is 8.00. The highest BCUT2D eigenvalue weighted by Gasteiger charge is 2.23. The highest BCUT2D eigenvalue weighted by atomic mass is 32.2. The Balaban J connectivity index is 2.35. The lowest BCUT2D eigenvalue weighted by atomic mass is 10.1. The van der Waals surface area contributed by atoms with Gasteiger partial charge in [-0.3, -0.25) is 9.59 Å². The van der Waals surface area contributed by atoms with Crippen molar-refractivity contribution >= 4 is 23.6 Å². The van der Waals surface area contributed by atoms with E-state index in [9.17, 15) is 9.59 Å². The van der Waals surface area contributed by atoms with Crippen molar-refractivity contribution < 1.29 is 9.59 Å². The molecule has 5 nitrogen and oxygen atoms in total. The Labute approximate surface area is 93.5 Å². The van der Waals surface area contributed by atoms with Gasteiger partial charge in [-0.1, -0.05) is 0 Å². The number of likely N-dealkylation sites (tertiary alicyclic amines) is 1. The number of hydrogen-bond acceptors (Lipinski definition) is 4. The van der Waals surface area contributed by atoms with Crippen LogP contribution in [0.2, 0.25) is 0 Å². The molecule has 0 bridgehead atoms. The van der Waals surface area contributed by atoms with Gasteiger partial charge >= 0.3 is 0 Å². The van der Waals surface area contributed by atoms with Crippen LogP contribution < -0.4 is 11.5 Å². The fourth-order valence-electron chi connectivity index (χ4n) is 1.63. The number of thioether (sulfide) groups is 1. The predicted molar refractivity (Wildman–Crippen MR) is 60.3 cm³/mol. The molecule has 0 saturated carbocycles. The Kier molecular flexibility index (Phi) is 4.90. The highest BCUT2D eigenvalue weighted by Crippen LogP contribution is 2.22. The number of amides is 2. The monoisotopic (exact) mass is 231 g/mol. The first kappa shape index (κ1) is 12.3. The van der Waals surface area contributed by atoms with Crippen LogP contribution in [-0.4, -0.2) is 47.4 Å². The van der Waals surface area contributed by atoms with Crippen LogP contribution in [0.4, 0.5) is 0 Å². The molecule has 0 aromatic rings. The Hall–Kier alpha value is -0.750. The van der Waals surface area contributed by atoms with Gasteiger partial charge in [0, 0.05) is 18.3 Å². The van der Waals surface area contributed by atoms with Crippen LogP contribution in [0.1, 0.15) is 12.8 Å². The van der Waals surface area contributed by atoms with Crippen LogP contribution in [0.3, 0.4) is 0 Å². The third kappa shape index (κ3) is 4.09. The van der Waals surface area contributed by atoms with E-state index in [1.165, 1.54) is 11.8 Å². The molecular weight excluding hydrogens is 214 g/mol. The van der Waals surface area contributed by atoms with E-state index in [2.05, 4.69) is 0 Å². The molecule has 0 aromatic carbocycles. The first-order valence-corrected chi connectivity index (χ1v) is 6.06. The molecule has 1 aliphatic heterocycles. The zero-order valence-corrected chi connectivity index (χ0v) is 9.46. The lowest BCUT2D eigenvalue weighted by Crippen LogP contribution is -2.44. The fraction of sp³-hybridized carbons (Fsp3) is 0.778. The molecule has 6 heteroatoms. The average Bonchev–Trinajstić information content (AvgIpc) is 2.25. The maximum atomic E-state index is 11.4. The maximum Gasteiger partial charge on any atom is 0.236 e. The number of nitrogens with zero attached hydrogens (tertiary/aromatic N) is 1. The van der Waals surface area contributed by atoms with Crippen LogP contribution in [0.15, 0.2) is 0 Å². The summed E-state index contributed by atoms with van der Waals surface area (Å²) >= 11 is 1.53. The van der Waals surface area contributed by atoms with Crippen LogP contribution in [-0.2, 0) is 9.59 Å². The Morgan fingerprint density at radius 1 is 1.47 bits per heavy atom. The van der Waals surface area contributed by atoms with Crippen LogP contribution >= 0.6 is 11.8 Å². The van der Waals surface area contributed by atoms with Gasteiger partial charge in [0.1, 0.15) is 0 Å². The van der Waals surface area contributed by atoms with Crippen LogP contribution in [0.25, 0.3) is 0 Å². The van der Waals surface area contributed by atoms with E-state index in [-0.39, 0.29) is 18.4 Å². The second-order valence-electron chi connectivity index (χ2n) is 3.59. The molecule has 1 unspecified atom stereocenters. The number of piperidine rings is 1. The molecule has 1 aliphatic rings. The van der Waals surface area contributed by atoms with E-state index in [1.807, 2.05) is 0 Å². The first-order chi connectivity index (χ1) is 7.13. The van der Waals surface area contributed by atoms with Crippen molar-refractivity contribution in [1.29, 1.82) is 0 Å². The third-order valence-electron chi connectivity index (χ3n) is 2.37. The van der Waals surface area contributed by atoms with Gasteiger partial charge in [-0.05, 0) is 12.8 Å². The summed E-state index contributed by atoms with van der Waals surface area (Å²) in [5, 5.41) is 0.321. The minimum Gasteiger partial charge on any atom is -0.369 e. The summed E-state index contributed by atoms with van der Waals surface area (Å²) < 4.78 is 0. The number of primary amides is 1. The predicted octanol–water partition coefficient (Wildman–Crippen LogP) is -0.845. The molecule has 86 valence electrons. The summed E-state index contributed by atoms with van der Waals surface area (Å²) in [6, 6.07) is 0. The fourth-order valence-corrected chi connectivity index (χ4v) is 2.65. The summed E-state index contributed by atoms with van der Waals surface area (Å²) in [4.78, 5) is 23.7. The molecule has 4 N–H and O–H groups in total. The molecular formula is C9H17N3O2S. The van der Waals surface area contributed by atoms with Gasteiger partial charge in [-0.25, -0.2) is 0 Å². The van der Waals surface area contributed by atoms with Gasteiger partial charge in [0.25, 0.3) is 0 Å². The minimum absolute atomic E-state index is 0.0145. The number of carbonyl (C=O) groups excluding carboxylic acids is 2. The van der Waals surface area contributed by atoms with Crippen molar-refractivity contribution in [3.05, 3.63) is 0 Å². The molecule has 2 amide bonds. The molecule has 1 saturated heterocycles. The van der Waals surface area contributed by atoms with E-state index >= 15 is 0 Å². The second kappa shape index (κ2) is 5.97. The van der Waals surface area contributed by atoms with Crippen molar-refractivity contribution in [2.24, 2.45) is 11.5 Å². The smallest absolute Gasteiger partial charge is 0.236 e. The number of nitrogens with two attached hydrogens (primary N) is 2. The second-order valence-corrected chi connectivity index (χ2v) is 4.87. The largest absolute Gasteiger partial charge is 0.369 e. The van der Waals surface area contributed by atoms with Gasteiger partial charge in [0.05, 0.1) is 12.3 Å². The maximum absolute atomic E-state index is 11.4. The van der Waals surface area contributed by atoms with Crippen molar-refractivity contribution in [2.45, 2.75) is 18.1 Å². The first-order valence-electron chi connectivity index (χ1n) is 5.01. The zero-order chi connectivity index (χ0) is 11.3. The SMILES string of the molecule is NCC(=O)N1CCCC(SCC(N)=O)C1. The molecule has 1 heterocycles. The van der Waals surface area contributed by atoms with Crippen molar-refractivity contribution in [1.82, 2.24) is 4.90 Å². The molecule has 1 rings (SSSR count). The number of rotatable bonds is 4. The van der Waals surface area contributed by atoms with Crippen LogP contribution in [0, 0.1) is 0 Å². The molecule has 0 radical (unpaired) electrons. The van der Waals surface area contributed by atoms with Gasteiger partial charge in [0.15, 0.2) is 0 Å². The summed E-state index contributed by atoms with van der Waals surface area (Å²) in [5.74, 6) is 0.0108. The lowest BCUT2D eigenvalue weighted by molar-refractivity contribution is -0.130. The summed E-state index contributed by atoms with van der Waals surface area (Å²) in [6.45, 7) is 1.53. The molecule has 15 heavy (non-hydrogen) atoms. The zero-order valence-electron chi connectivity index (χ0n) is 8.65. The van der Waals surface area contributed by atoms with Gasteiger partial charge < -0.3 is 16.4 Å². The van der Waals surface area contributed by atoms with E-state index in [0.29, 0.717) is 17.5 Å². The van der Waals surface area contributed by atoms with Crippen molar-refractivity contribution in [2.75, 3.05) is 25.4 Å². The van der Waals surface area contributed by atoms with E-state index < -0.39 is 0 Å². The Morgan fingerprint density at radius 3 is 2.80 bits per heavy atom. The van der Waals surface area contributed by atoms with Gasteiger partial charge in [-0.15, -0.1) is 11.8 Å². The quantitative estimate of drug-likeness (QED) is 0.660. The molecule has 0 aliphatic carbocycles. The Morgan fingerprint density at radius 2 is 2.20 bits per heavy atom. The van der Waals surface area contributed by atoms with Gasteiger partial charge in [0.2, 0.25) is 11.8 Å². The summed E-state index contributed by atoms with van der Waals surface area (Å²) in [7, 11) is 0. The van der Waals surface area contributed by atoms with Crippen molar-refractivity contribution in [3.63, 3.8) is 0 Å². The van der Waals surface area contributed by atoms with Crippen molar-refractivity contribution in [3.8, 4) is 0 Å². The summed E-state index contributed by atoms with van der Waals surface area (Å²) in [6.07, 6.45) is 2.01. The molecule has 1 fully saturated rings. The van der Waals surface area contributed by atoms with E-state index in [4.69, 9.17) is 11.5 Å². The Bertz CT molecular complexity index is 248. The molecule has 0 spiro atoms. The lowest BCUT2D eigenvalue weighted by Gasteiger charge is -2.32. The van der Waals surface area contributed by atoms with Crippen LogP contribution in [0.5, 0.6) is 0 Å². The molecule has 1 atom stereocenters. The average molecular weight is 231 g/mol. The standard InChI is InChI=1S/C9H17N3O2S/c10-4-9(14)12-3-1-2-7(5-12)15-6-8(11)13/h7H,1-6,10H2,(H2,11,13). The number of hydrogen-bond donors (Lipinski definition) is 2. The van der Waals surface area contributed by atoms with E-state index in [1.54, 1.807) is 4.90 Å². The normalized spacial score (nSPS) is 21.4. The minimum atomic E-state index is -0.303.